The molecule has 0 spiro atoms. The highest BCUT2D eigenvalue weighted by Gasteiger charge is 2.31. The van der Waals surface area contributed by atoms with E-state index in [4.69, 9.17) is 11.6 Å². The van der Waals surface area contributed by atoms with Crippen molar-refractivity contribution in [3.05, 3.63) is 12.7 Å². The van der Waals surface area contributed by atoms with Crippen LogP contribution in [0.5, 0.6) is 0 Å². The van der Waals surface area contributed by atoms with Crippen molar-refractivity contribution in [3.63, 3.8) is 0 Å². The van der Waals surface area contributed by atoms with Crippen LogP contribution in [-0.4, -0.2) is 5.88 Å². The molecule has 0 atom stereocenters. The molecule has 1 fully saturated rings. The van der Waals surface area contributed by atoms with Gasteiger partial charge in [0.05, 0.1) is 0 Å². The maximum absolute atomic E-state index is 5.97. The normalized spacial score (nSPS) is 21.9. The van der Waals surface area contributed by atoms with Crippen LogP contribution in [0.15, 0.2) is 12.7 Å². The smallest absolute Gasteiger partial charge is 0.0280 e. The van der Waals surface area contributed by atoms with Crippen molar-refractivity contribution in [2.24, 2.45) is 5.41 Å². The topological polar surface area (TPSA) is 0 Å². The molecule has 0 aliphatic heterocycles. The van der Waals surface area contributed by atoms with Gasteiger partial charge in [-0.3, -0.25) is 0 Å². The summed E-state index contributed by atoms with van der Waals surface area (Å²) in [4.78, 5) is 0. The highest BCUT2D eigenvalue weighted by atomic mass is 35.5. The quantitative estimate of drug-likeness (QED) is 0.448. The number of rotatable bonds is 4. The van der Waals surface area contributed by atoms with Gasteiger partial charge in [0.2, 0.25) is 0 Å². The van der Waals surface area contributed by atoms with E-state index in [2.05, 4.69) is 6.58 Å². The number of hydrogen-bond donors (Lipinski definition) is 0. The third kappa shape index (κ3) is 2.23. The molecular weight excluding hydrogens is 156 g/mol. The molecule has 1 rings (SSSR count). The summed E-state index contributed by atoms with van der Waals surface area (Å²) in [5.41, 5.74) is 0.482. The summed E-state index contributed by atoms with van der Waals surface area (Å²) in [7, 11) is 0. The zero-order valence-electron chi connectivity index (χ0n) is 7.11. The first-order valence-electron chi connectivity index (χ1n) is 4.50. The zero-order valence-corrected chi connectivity index (χ0v) is 7.87. The molecule has 11 heavy (non-hydrogen) atoms. The second-order valence-corrected chi connectivity index (χ2v) is 3.94. The molecule has 0 radical (unpaired) electrons. The first-order valence-corrected chi connectivity index (χ1v) is 5.03. The molecule has 0 amide bonds. The summed E-state index contributed by atoms with van der Waals surface area (Å²) in [6.45, 7) is 3.74. The van der Waals surface area contributed by atoms with Gasteiger partial charge in [-0.25, -0.2) is 0 Å². The summed E-state index contributed by atoms with van der Waals surface area (Å²) in [6, 6.07) is 0. The first-order chi connectivity index (χ1) is 5.33. The number of allylic oxidation sites excluding steroid dienone is 1. The molecule has 1 aliphatic carbocycles. The largest absolute Gasteiger partial charge is 0.126 e. The van der Waals surface area contributed by atoms with E-state index in [0.717, 1.165) is 12.3 Å². The lowest BCUT2D eigenvalue weighted by atomic mass is 9.84. The molecule has 1 saturated carbocycles. The van der Waals surface area contributed by atoms with Gasteiger partial charge in [0.15, 0.2) is 0 Å². The molecule has 0 nitrogen and oxygen atoms in total. The van der Waals surface area contributed by atoms with Crippen molar-refractivity contribution >= 4 is 11.6 Å². The van der Waals surface area contributed by atoms with Crippen LogP contribution < -0.4 is 0 Å². The third-order valence-electron chi connectivity index (χ3n) is 2.83. The molecular formula is C10H17Cl. The van der Waals surface area contributed by atoms with Crippen LogP contribution in [0.2, 0.25) is 0 Å². The van der Waals surface area contributed by atoms with E-state index in [1.807, 2.05) is 6.08 Å². The fourth-order valence-electron chi connectivity index (χ4n) is 1.98. The predicted molar refractivity (Wildman–Crippen MR) is 51.1 cm³/mol. The maximum atomic E-state index is 5.97. The Morgan fingerprint density at radius 2 is 2.00 bits per heavy atom. The van der Waals surface area contributed by atoms with E-state index >= 15 is 0 Å². The average molecular weight is 173 g/mol. The standard InChI is InChI=1S/C10H17Cl/c1-2-3-6-10(9-11)7-4-5-8-10/h2H,1,3-9H2. The van der Waals surface area contributed by atoms with Crippen molar-refractivity contribution in [2.75, 3.05) is 5.88 Å². The van der Waals surface area contributed by atoms with Gasteiger partial charge in [-0.05, 0) is 31.1 Å². The Hall–Kier alpha value is 0.0300. The molecule has 1 heteroatoms. The van der Waals surface area contributed by atoms with Crippen LogP contribution in [0.25, 0.3) is 0 Å². The Morgan fingerprint density at radius 3 is 2.45 bits per heavy atom. The Balaban J connectivity index is 2.38. The summed E-state index contributed by atoms with van der Waals surface area (Å²) in [6.07, 6.45) is 9.82. The third-order valence-corrected chi connectivity index (χ3v) is 3.39. The summed E-state index contributed by atoms with van der Waals surface area (Å²) < 4.78 is 0. The fraction of sp³-hybridized carbons (Fsp3) is 0.800. The Bertz CT molecular complexity index is 123. The minimum Gasteiger partial charge on any atom is -0.126 e. The minimum atomic E-state index is 0.482. The van der Waals surface area contributed by atoms with Crippen molar-refractivity contribution in [2.45, 2.75) is 38.5 Å². The van der Waals surface area contributed by atoms with E-state index in [1.165, 1.54) is 32.1 Å². The van der Waals surface area contributed by atoms with Crippen LogP contribution in [0.3, 0.4) is 0 Å². The highest BCUT2D eigenvalue weighted by Crippen LogP contribution is 2.42. The molecule has 0 bridgehead atoms. The van der Waals surface area contributed by atoms with E-state index < -0.39 is 0 Å². The first kappa shape index (κ1) is 9.12. The lowest BCUT2D eigenvalue weighted by Gasteiger charge is -2.25. The fourth-order valence-corrected chi connectivity index (χ4v) is 2.38. The second-order valence-electron chi connectivity index (χ2n) is 3.67. The van der Waals surface area contributed by atoms with Crippen molar-refractivity contribution in [1.29, 1.82) is 0 Å². The van der Waals surface area contributed by atoms with Gasteiger partial charge in [0.1, 0.15) is 0 Å². The van der Waals surface area contributed by atoms with Gasteiger partial charge in [-0.2, -0.15) is 0 Å². The van der Waals surface area contributed by atoms with Gasteiger partial charge < -0.3 is 0 Å². The molecule has 0 N–H and O–H groups in total. The SMILES string of the molecule is C=CCCC1(CCl)CCCC1. The van der Waals surface area contributed by atoms with E-state index in [1.54, 1.807) is 0 Å². The lowest BCUT2D eigenvalue weighted by molar-refractivity contribution is 0.317. The molecule has 0 saturated heterocycles. The molecule has 64 valence electrons. The Labute approximate surface area is 74.6 Å². The van der Waals surface area contributed by atoms with Crippen molar-refractivity contribution < 1.29 is 0 Å². The minimum absolute atomic E-state index is 0.482. The van der Waals surface area contributed by atoms with Crippen molar-refractivity contribution in [1.82, 2.24) is 0 Å². The molecule has 0 aromatic carbocycles. The van der Waals surface area contributed by atoms with Crippen LogP contribution >= 0.6 is 11.6 Å². The van der Waals surface area contributed by atoms with E-state index in [0.29, 0.717) is 5.41 Å². The monoisotopic (exact) mass is 172 g/mol. The van der Waals surface area contributed by atoms with Gasteiger partial charge in [0, 0.05) is 5.88 Å². The van der Waals surface area contributed by atoms with Crippen molar-refractivity contribution in [3.8, 4) is 0 Å². The molecule has 0 unspecified atom stereocenters. The van der Waals surface area contributed by atoms with Gasteiger partial charge in [-0.1, -0.05) is 18.9 Å². The van der Waals surface area contributed by atoms with Crippen LogP contribution in [0.4, 0.5) is 0 Å². The number of alkyl halides is 1. The van der Waals surface area contributed by atoms with Crippen LogP contribution in [0.1, 0.15) is 38.5 Å². The Morgan fingerprint density at radius 1 is 1.36 bits per heavy atom. The van der Waals surface area contributed by atoms with Crippen LogP contribution in [-0.2, 0) is 0 Å². The Kier molecular flexibility index (Phi) is 3.45. The molecule has 0 aromatic rings. The van der Waals surface area contributed by atoms with Gasteiger partial charge >= 0.3 is 0 Å². The number of halogens is 1. The molecule has 0 aromatic heterocycles. The maximum Gasteiger partial charge on any atom is 0.0280 e. The summed E-state index contributed by atoms with van der Waals surface area (Å²) in [5.74, 6) is 0.848. The summed E-state index contributed by atoms with van der Waals surface area (Å²) in [5, 5.41) is 0. The summed E-state index contributed by atoms with van der Waals surface area (Å²) >= 11 is 5.97. The van der Waals surface area contributed by atoms with Gasteiger partial charge in [-0.15, -0.1) is 18.2 Å². The van der Waals surface area contributed by atoms with E-state index in [-0.39, 0.29) is 0 Å². The predicted octanol–water partition coefficient (Wildman–Crippen LogP) is 3.75. The number of hydrogen-bond acceptors (Lipinski definition) is 0. The highest BCUT2D eigenvalue weighted by molar-refractivity contribution is 6.18. The molecule has 0 heterocycles. The lowest BCUT2D eigenvalue weighted by Crippen LogP contribution is -2.17. The zero-order chi connectivity index (χ0) is 8.16. The molecule has 1 aliphatic rings. The second kappa shape index (κ2) is 4.15. The van der Waals surface area contributed by atoms with E-state index in [9.17, 15) is 0 Å². The van der Waals surface area contributed by atoms with Gasteiger partial charge in [0.25, 0.3) is 0 Å². The van der Waals surface area contributed by atoms with Crippen LogP contribution in [0, 0.1) is 5.41 Å². The average Bonchev–Trinajstić information content (AvgIpc) is 2.50.